The van der Waals surface area contributed by atoms with E-state index in [0.29, 0.717) is 0 Å². The van der Waals surface area contributed by atoms with Crippen LogP contribution in [0.2, 0.25) is 5.02 Å². The van der Waals surface area contributed by atoms with Gasteiger partial charge < -0.3 is 10.6 Å². The van der Waals surface area contributed by atoms with Gasteiger partial charge in [-0.25, -0.2) is 9.37 Å². The van der Waals surface area contributed by atoms with Gasteiger partial charge in [-0.05, 0) is 36.4 Å². The second-order valence-corrected chi connectivity index (χ2v) is 5.59. The zero-order valence-corrected chi connectivity index (χ0v) is 13.7. The van der Waals surface area contributed by atoms with Gasteiger partial charge in [-0.2, -0.15) is 18.2 Å². The van der Waals surface area contributed by atoms with Crippen LogP contribution in [0.25, 0.3) is 0 Å². The van der Waals surface area contributed by atoms with E-state index in [1.54, 1.807) is 12.1 Å². The zero-order valence-electron chi connectivity index (χ0n) is 13.0. The van der Waals surface area contributed by atoms with Crippen molar-refractivity contribution in [3.8, 4) is 0 Å². The van der Waals surface area contributed by atoms with Crippen molar-refractivity contribution in [2.75, 3.05) is 10.6 Å². The number of aromatic nitrogens is 2. The summed E-state index contributed by atoms with van der Waals surface area (Å²) in [6.07, 6.45) is -3.13. The number of anilines is 4. The van der Waals surface area contributed by atoms with Crippen molar-refractivity contribution in [3.63, 3.8) is 0 Å². The van der Waals surface area contributed by atoms with Gasteiger partial charge in [-0.1, -0.05) is 23.7 Å². The van der Waals surface area contributed by atoms with E-state index in [-0.39, 0.29) is 28.2 Å². The number of alkyl halides is 3. The molecular formula is C17H11ClF4N4. The minimum atomic E-state index is -4.50. The third kappa shape index (κ3) is 4.20. The molecule has 3 aromatic rings. The van der Waals surface area contributed by atoms with Crippen molar-refractivity contribution in [3.05, 3.63) is 71.1 Å². The molecule has 134 valence electrons. The number of para-hydroxylation sites is 1. The van der Waals surface area contributed by atoms with Crippen molar-refractivity contribution < 1.29 is 17.6 Å². The van der Waals surface area contributed by atoms with E-state index in [4.69, 9.17) is 11.6 Å². The van der Waals surface area contributed by atoms with Crippen molar-refractivity contribution in [1.82, 2.24) is 9.97 Å². The number of halogens is 5. The second kappa shape index (κ2) is 7.17. The van der Waals surface area contributed by atoms with Gasteiger partial charge in [-0.3, -0.25) is 0 Å². The quantitative estimate of drug-likeness (QED) is 0.562. The fourth-order valence-electron chi connectivity index (χ4n) is 2.11. The van der Waals surface area contributed by atoms with Crippen molar-refractivity contribution >= 4 is 34.7 Å². The average Bonchev–Trinajstić information content (AvgIpc) is 2.58. The highest BCUT2D eigenvalue weighted by molar-refractivity contribution is 6.33. The first-order valence-corrected chi connectivity index (χ1v) is 7.69. The Morgan fingerprint density at radius 1 is 0.923 bits per heavy atom. The lowest BCUT2D eigenvalue weighted by Crippen LogP contribution is -2.06. The van der Waals surface area contributed by atoms with Gasteiger partial charge in [-0.15, -0.1) is 0 Å². The maximum atomic E-state index is 13.7. The van der Waals surface area contributed by atoms with Crippen molar-refractivity contribution in [2.24, 2.45) is 0 Å². The summed E-state index contributed by atoms with van der Waals surface area (Å²) < 4.78 is 52.2. The zero-order chi connectivity index (χ0) is 18.7. The summed E-state index contributed by atoms with van der Waals surface area (Å²) in [6.45, 7) is 0. The van der Waals surface area contributed by atoms with E-state index in [1.165, 1.54) is 24.4 Å². The van der Waals surface area contributed by atoms with E-state index in [2.05, 4.69) is 20.6 Å². The molecule has 4 nitrogen and oxygen atoms in total. The van der Waals surface area contributed by atoms with Crippen molar-refractivity contribution in [1.29, 1.82) is 0 Å². The minimum absolute atomic E-state index is 0.00420. The van der Waals surface area contributed by atoms with Gasteiger partial charge in [0.2, 0.25) is 5.95 Å². The summed E-state index contributed by atoms with van der Waals surface area (Å²) in [6, 6.07) is 10.4. The van der Waals surface area contributed by atoms with Crippen LogP contribution in [0.15, 0.2) is 54.7 Å². The maximum Gasteiger partial charge on any atom is 0.416 e. The highest BCUT2D eigenvalue weighted by atomic mass is 35.5. The van der Waals surface area contributed by atoms with Crippen LogP contribution in [-0.2, 0) is 6.18 Å². The van der Waals surface area contributed by atoms with Crippen LogP contribution < -0.4 is 10.6 Å². The number of rotatable bonds is 4. The Morgan fingerprint density at radius 3 is 2.42 bits per heavy atom. The summed E-state index contributed by atoms with van der Waals surface area (Å²) in [4.78, 5) is 8.03. The number of nitrogens with one attached hydrogen (secondary N) is 2. The van der Waals surface area contributed by atoms with Crippen LogP contribution >= 0.6 is 11.6 Å². The van der Waals surface area contributed by atoms with Crippen LogP contribution in [0.4, 0.5) is 40.7 Å². The van der Waals surface area contributed by atoms with Crippen LogP contribution in [-0.4, -0.2) is 9.97 Å². The lowest BCUT2D eigenvalue weighted by Gasteiger charge is -2.12. The standard InChI is InChI=1S/C17H11ClF4N4/c18-11-6-5-10(17(20,21)22)9-14(11)25-16-23-8-7-15(26-16)24-13-4-2-1-3-12(13)19/h1-9H,(H2,23,24,25,26). The highest BCUT2D eigenvalue weighted by Gasteiger charge is 2.31. The summed E-state index contributed by atoms with van der Waals surface area (Å²) in [5.41, 5.74) is -0.649. The Hall–Kier alpha value is -2.87. The molecule has 0 aliphatic rings. The number of nitrogens with zero attached hydrogens (tertiary/aromatic N) is 2. The Labute approximate surface area is 150 Å². The molecule has 0 bridgehead atoms. The molecule has 0 saturated heterocycles. The first-order valence-electron chi connectivity index (χ1n) is 7.31. The molecule has 0 aliphatic carbocycles. The monoisotopic (exact) mass is 382 g/mol. The molecule has 0 unspecified atom stereocenters. The van der Waals surface area contributed by atoms with E-state index >= 15 is 0 Å². The van der Waals surface area contributed by atoms with Crippen molar-refractivity contribution in [2.45, 2.75) is 6.18 Å². The molecule has 0 aliphatic heterocycles. The molecule has 1 aromatic heterocycles. The molecule has 0 fully saturated rings. The molecule has 0 saturated carbocycles. The van der Waals surface area contributed by atoms with Crippen LogP contribution in [0.3, 0.4) is 0 Å². The van der Waals surface area contributed by atoms with Gasteiger partial charge in [0.15, 0.2) is 0 Å². The lowest BCUT2D eigenvalue weighted by atomic mass is 10.2. The first kappa shape index (κ1) is 17.9. The Bertz CT molecular complexity index is 931. The molecule has 2 aromatic carbocycles. The fourth-order valence-corrected chi connectivity index (χ4v) is 2.27. The summed E-state index contributed by atoms with van der Waals surface area (Å²) in [7, 11) is 0. The van der Waals surface area contributed by atoms with Crippen LogP contribution in [0.5, 0.6) is 0 Å². The molecule has 1 heterocycles. The SMILES string of the molecule is Fc1ccccc1Nc1ccnc(Nc2cc(C(F)(F)F)ccc2Cl)n1. The van der Waals surface area contributed by atoms with Gasteiger partial charge in [0.25, 0.3) is 0 Å². The normalized spacial score (nSPS) is 11.3. The average molecular weight is 383 g/mol. The van der Waals surface area contributed by atoms with E-state index in [0.717, 1.165) is 18.2 Å². The fraction of sp³-hybridized carbons (Fsp3) is 0.0588. The molecule has 0 radical (unpaired) electrons. The van der Waals surface area contributed by atoms with E-state index < -0.39 is 17.6 Å². The van der Waals surface area contributed by atoms with Gasteiger partial charge in [0.05, 0.1) is 22.0 Å². The summed E-state index contributed by atoms with van der Waals surface area (Å²) in [5.74, 6) is -0.204. The number of hydrogen-bond donors (Lipinski definition) is 2. The highest BCUT2D eigenvalue weighted by Crippen LogP contribution is 2.34. The Morgan fingerprint density at radius 2 is 1.69 bits per heavy atom. The molecule has 0 amide bonds. The van der Waals surface area contributed by atoms with E-state index in [9.17, 15) is 17.6 Å². The predicted molar refractivity (Wildman–Crippen MR) is 91.5 cm³/mol. The molecule has 9 heteroatoms. The molecule has 0 atom stereocenters. The molecule has 0 spiro atoms. The maximum absolute atomic E-state index is 13.7. The Kier molecular flexibility index (Phi) is 4.94. The molecule has 3 rings (SSSR count). The molecular weight excluding hydrogens is 372 g/mol. The first-order chi connectivity index (χ1) is 12.3. The molecule has 26 heavy (non-hydrogen) atoms. The van der Waals surface area contributed by atoms with Crippen LogP contribution in [0.1, 0.15) is 5.56 Å². The third-order valence-electron chi connectivity index (χ3n) is 3.33. The summed E-state index contributed by atoms with van der Waals surface area (Å²) >= 11 is 5.94. The lowest BCUT2D eigenvalue weighted by molar-refractivity contribution is -0.137. The van der Waals surface area contributed by atoms with E-state index in [1.807, 2.05) is 0 Å². The van der Waals surface area contributed by atoms with Gasteiger partial charge in [0.1, 0.15) is 11.6 Å². The smallest absolute Gasteiger partial charge is 0.338 e. The van der Waals surface area contributed by atoms with Gasteiger partial charge >= 0.3 is 6.18 Å². The Balaban J connectivity index is 1.84. The topological polar surface area (TPSA) is 49.8 Å². The van der Waals surface area contributed by atoms with Gasteiger partial charge in [0, 0.05) is 6.20 Å². The number of benzene rings is 2. The molecule has 2 N–H and O–H groups in total. The van der Waals surface area contributed by atoms with Crippen LogP contribution in [0, 0.1) is 5.82 Å². The number of hydrogen-bond acceptors (Lipinski definition) is 4. The predicted octanol–water partition coefficient (Wildman–Crippen LogP) is 5.78. The minimum Gasteiger partial charge on any atom is -0.338 e. The largest absolute Gasteiger partial charge is 0.416 e. The summed E-state index contributed by atoms with van der Waals surface area (Å²) in [5, 5.41) is 5.48. The second-order valence-electron chi connectivity index (χ2n) is 5.19. The third-order valence-corrected chi connectivity index (χ3v) is 3.66.